The zero-order valence-electron chi connectivity index (χ0n) is 14.1. The summed E-state index contributed by atoms with van der Waals surface area (Å²) in [7, 11) is 0.0576. The van der Waals surface area contributed by atoms with Crippen molar-refractivity contribution in [2.24, 2.45) is 11.8 Å². The standard InChI is InChI=1S/C11H12P.C9H11.2ClH.Ti/c1-12(2)11-7-9-5-3-4-6-10(9)8-11;1-2-5-9-7-3-6-8(9)4-1;;;/h3-8H,1-2H3;1-2,4-6,8-9H,3,7H2;2*1H;/q2*-1;;;+4/p-2. The fourth-order valence-electron chi connectivity index (χ4n) is 3.09. The van der Waals surface area contributed by atoms with E-state index >= 15 is 0 Å². The predicted octanol–water partition coefficient (Wildman–Crippen LogP) is -0.726. The minimum Gasteiger partial charge on any atom is -1.00 e. The smallest absolute Gasteiger partial charge is 1.00 e. The molecule has 4 heteroatoms. The molecule has 2 aliphatic carbocycles. The summed E-state index contributed by atoms with van der Waals surface area (Å²) in [6.45, 7) is 4.59. The molecule has 0 saturated heterocycles. The summed E-state index contributed by atoms with van der Waals surface area (Å²) >= 11 is 0. The van der Waals surface area contributed by atoms with Crippen LogP contribution in [0.25, 0.3) is 10.8 Å². The van der Waals surface area contributed by atoms with Gasteiger partial charge in [-0.25, -0.2) is 0 Å². The van der Waals surface area contributed by atoms with Gasteiger partial charge in [0.25, 0.3) is 0 Å². The Labute approximate surface area is 175 Å². The van der Waals surface area contributed by atoms with E-state index < -0.39 is 0 Å². The Kier molecular flexibility index (Phi) is 11.6. The third-order valence-corrected chi connectivity index (χ3v) is 5.65. The topological polar surface area (TPSA) is 0 Å². The SMILES string of the molecule is C1=CC2[CH-]CCC2C=C1.CP(C)c1cc2ccccc2[cH-]1.[Cl-].[Cl-].[Ti+4]. The van der Waals surface area contributed by atoms with Crippen LogP contribution in [0.2, 0.25) is 0 Å². The summed E-state index contributed by atoms with van der Waals surface area (Å²) in [4.78, 5) is 0. The van der Waals surface area contributed by atoms with Crippen LogP contribution >= 0.6 is 7.92 Å². The molecule has 126 valence electrons. The molecule has 4 rings (SSSR count). The van der Waals surface area contributed by atoms with Crippen LogP contribution in [0.1, 0.15) is 12.8 Å². The zero-order valence-corrected chi connectivity index (χ0v) is 18.1. The Hall–Kier alpha value is 0.0343. The van der Waals surface area contributed by atoms with Crippen molar-refractivity contribution in [2.45, 2.75) is 12.8 Å². The van der Waals surface area contributed by atoms with E-state index in [-0.39, 0.29) is 54.5 Å². The van der Waals surface area contributed by atoms with Crippen LogP contribution in [-0.4, -0.2) is 13.3 Å². The van der Waals surface area contributed by atoms with Crippen LogP contribution in [0.3, 0.4) is 0 Å². The Morgan fingerprint density at radius 2 is 1.75 bits per heavy atom. The molecule has 0 aromatic heterocycles. The molecule has 0 N–H and O–H groups in total. The second-order valence-corrected chi connectivity index (χ2v) is 8.37. The molecular weight excluding hydrogens is 390 g/mol. The van der Waals surface area contributed by atoms with Gasteiger partial charge in [0.2, 0.25) is 0 Å². The van der Waals surface area contributed by atoms with Gasteiger partial charge in [-0.3, -0.25) is 0 Å². The minimum absolute atomic E-state index is 0. The summed E-state index contributed by atoms with van der Waals surface area (Å²) in [6, 6.07) is 13.2. The molecule has 0 aliphatic heterocycles. The Morgan fingerprint density at radius 1 is 1.04 bits per heavy atom. The van der Waals surface area contributed by atoms with Gasteiger partial charge in [-0.2, -0.15) is 12.5 Å². The summed E-state index contributed by atoms with van der Waals surface area (Å²) in [5, 5.41) is 4.26. The first kappa shape index (κ1) is 24.0. The molecule has 0 radical (unpaired) electrons. The molecule has 2 atom stereocenters. The van der Waals surface area contributed by atoms with Crippen molar-refractivity contribution in [1.29, 1.82) is 0 Å². The predicted molar refractivity (Wildman–Crippen MR) is 96.7 cm³/mol. The summed E-state index contributed by atoms with van der Waals surface area (Å²) < 4.78 is 0. The molecule has 24 heavy (non-hydrogen) atoms. The number of hydrogen-bond donors (Lipinski definition) is 0. The van der Waals surface area contributed by atoms with Crippen molar-refractivity contribution in [2.75, 3.05) is 13.3 Å². The third kappa shape index (κ3) is 6.08. The number of benzene rings is 1. The van der Waals surface area contributed by atoms with Crippen molar-refractivity contribution >= 4 is 24.0 Å². The van der Waals surface area contributed by atoms with Crippen molar-refractivity contribution < 1.29 is 46.5 Å². The quantitative estimate of drug-likeness (QED) is 0.329. The number of fused-ring (bicyclic) bond motifs is 2. The van der Waals surface area contributed by atoms with Gasteiger partial charge in [0.15, 0.2) is 0 Å². The fraction of sp³-hybridized carbons (Fsp3) is 0.300. The van der Waals surface area contributed by atoms with Gasteiger partial charge >= 0.3 is 21.7 Å². The van der Waals surface area contributed by atoms with Gasteiger partial charge in [0.1, 0.15) is 0 Å². The van der Waals surface area contributed by atoms with Crippen molar-refractivity contribution in [3.8, 4) is 0 Å². The minimum atomic E-state index is 0. The zero-order chi connectivity index (χ0) is 14.7. The van der Waals surface area contributed by atoms with E-state index in [2.05, 4.69) is 80.5 Å². The largest absolute Gasteiger partial charge is 4.00 e. The van der Waals surface area contributed by atoms with E-state index in [9.17, 15) is 0 Å². The average Bonchev–Trinajstić information content (AvgIpc) is 3.14. The number of allylic oxidation sites excluding steroid dienone is 4. The first-order chi connectivity index (χ1) is 10.2. The van der Waals surface area contributed by atoms with Gasteiger partial charge in [-0.1, -0.05) is 30.7 Å². The van der Waals surface area contributed by atoms with E-state index in [4.69, 9.17) is 0 Å². The number of hydrogen-bond acceptors (Lipinski definition) is 0. The molecule has 0 amide bonds. The molecule has 1 saturated carbocycles. The second kappa shape index (κ2) is 11.6. The summed E-state index contributed by atoms with van der Waals surface area (Å²) in [5.41, 5.74) is 0. The number of halogens is 2. The molecular formula is C20H23Cl2PTi. The van der Waals surface area contributed by atoms with Gasteiger partial charge in [0.05, 0.1) is 0 Å². The maximum Gasteiger partial charge on any atom is 4.00 e. The molecule has 2 aromatic carbocycles. The van der Waals surface area contributed by atoms with E-state index in [0.717, 1.165) is 11.8 Å². The average molecular weight is 413 g/mol. The van der Waals surface area contributed by atoms with Crippen LogP contribution in [0.15, 0.2) is 60.7 Å². The fourth-order valence-corrected chi connectivity index (χ4v) is 3.88. The molecule has 0 bridgehead atoms. The van der Waals surface area contributed by atoms with Crippen molar-refractivity contribution in [3.05, 3.63) is 67.1 Å². The summed E-state index contributed by atoms with van der Waals surface area (Å²) in [5.74, 6) is 1.62. The molecule has 0 heterocycles. The normalized spacial score (nSPS) is 20.3. The second-order valence-electron chi connectivity index (χ2n) is 6.06. The van der Waals surface area contributed by atoms with Crippen LogP contribution < -0.4 is 30.1 Å². The molecule has 1 fully saturated rings. The van der Waals surface area contributed by atoms with Crippen LogP contribution in [0.5, 0.6) is 0 Å². The number of rotatable bonds is 1. The summed E-state index contributed by atoms with van der Waals surface area (Å²) in [6.07, 6.45) is 14.1. The van der Waals surface area contributed by atoms with E-state index in [1.165, 1.54) is 28.9 Å². The molecule has 0 nitrogen and oxygen atoms in total. The van der Waals surface area contributed by atoms with Crippen molar-refractivity contribution in [3.63, 3.8) is 0 Å². The molecule has 2 unspecified atom stereocenters. The van der Waals surface area contributed by atoms with Crippen LogP contribution in [0.4, 0.5) is 0 Å². The maximum atomic E-state index is 2.42. The molecule has 0 spiro atoms. The van der Waals surface area contributed by atoms with Crippen LogP contribution in [0, 0.1) is 18.3 Å². The van der Waals surface area contributed by atoms with E-state index in [1.807, 2.05) is 0 Å². The van der Waals surface area contributed by atoms with Gasteiger partial charge in [-0.05, 0) is 19.2 Å². The maximum absolute atomic E-state index is 2.42. The van der Waals surface area contributed by atoms with E-state index in [0.29, 0.717) is 0 Å². The first-order valence-corrected chi connectivity index (χ1v) is 9.99. The van der Waals surface area contributed by atoms with Gasteiger partial charge in [-0.15, -0.1) is 60.3 Å². The molecule has 2 aliphatic rings. The Balaban J connectivity index is 0.000000402. The van der Waals surface area contributed by atoms with Crippen LogP contribution in [-0.2, 0) is 21.7 Å². The van der Waals surface area contributed by atoms with Gasteiger partial charge in [0, 0.05) is 0 Å². The van der Waals surface area contributed by atoms with E-state index in [1.54, 1.807) is 0 Å². The van der Waals surface area contributed by atoms with Gasteiger partial charge < -0.3 is 31.2 Å². The molecule has 2 aromatic rings. The Bertz CT molecular complexity index is 609. The van der Waals surface area contributed by atoms with Crippen molar-refractivity contribution in [1.82, 2.24) is 0 Å². The third-order valence-electron chi connectivity index (χ3n) is 4.36. The monoisotopic (exact) mass is 412 g/mol. The first-order valence-electron chi connectivity index (χ1n) is 7.75. The Morgan fingerprint density at radius 3 is 2.42 bits per heavy atom.